The summed E-state index contributed by atoms with van der Waals surface area (Å²) in [4.78, 5) is 12.1. The molecule has 10 heteroatoms. The van der Waals surface area contributed by atoms with Crippen LogP contribution in [0.25, 0.3) is 0 Å². The Labute approximate surface area is 122 Å². The van der Waals surface area contributed by atoms with Crippen LogP contribution in [-0.2, 0) is 4.79 Å². The number of aromatic nitrogens is 4. The fraction of sp³-hybridized carbons (Fsp3) is 0.444. The lowest BCUT2D eigenvalue weighted by atomic mass is 10.3. The van der Waals surface area contributed by atoms with E-state index in [2.05, 4.69) is 25.7 Å². The smallest absolute Gasteiger partial charge is 0.239 e. The Kier molecular flexibility index (Phi) is 4.66. The standard InChI is InChI=1S/C9H12N6OS3/c1-3-5(18-9-15-13-7(10)19-9)6(16)11-8-14-12-4(2)17-8/h5H,3H2,1-2H3,(H2,10,13)(H,11,14,16). The van der Waals surface area contributed by atoms with Gasteiger partial charge in [-0.25, -0.2) is 0 Å². The van der Waals surface area contributed by atoms with Gasteiger partial charge in [0.15, 0.2) is 4.34 Å². The zero-order valence-electron chi connectivity index (χ0n) is 10.3. The van der Waals surface area contributed by atoms with E-state index in [-0.39, 0.29) is 11.2 Å². The van der Waals surface area contributed by atoms with Crippen LogP contribution in [-0.4, -0.2) is 31.6 Å². The molecule has 0 aliphatic rings. The molecule has 2 heterocycles. The van der Waals surface area contributed by atoms with E-state index in [1.54, 1.807) is 0 Å². The monoisotopic (exact) mass is 316 g/mol. The second-order valence-corrected chi connectivity index (χ2v) is 7.18. The van der Waals surface area contributed by atoms with E-state index >= 15 is 0 Å². The predicted molar refractivity (Wildman–Crippen MR) is 77.5 cm³/mol. The molecule has 0 saturated heterocycles. The van der Waals surface area contributed by atoms with E-state index in [9.17, 15) is 4.79 Å². The first kappa shape index (κ1) is 14.2. The summed E-state index contributed by atoms with van der Waals surface area (Å²) in [5.41, 5.74) is 5.51. The summed E-state index contributed by atoms with van der Waals surface area (Å²) in [6, 6.07) is 0. The van der Waals surface area contributed by atoms with E-state index in [4.69, 9.17) is 5.73 Å². The number of thioether (sulfide) groups is 1. The van der Waals surface area contributed by atoms with Crippen molar-refractivity contribution >= 4 is 50.6 Å². The summed E-state index contributed by atoms with van der Waals surface area (Å²) in [6.07, 6.45) is 0.674. The molecule has 1 atom stereocenters. The highest BCUT2D eigenvalue weighted by molar-refractivity contribution is 8.02. The molecule has 0 fully saturated rings. The van der Waals surface area contributed by atoms with Gasteiger partial charge in [-0.05, 0) is 13.3 Å². The molecule has 2 aromatic heterocycles. The number of nitrogens with two attached hydrogens (primary N) is 1. The van der Waals surface area contributed by atoms with Crippen LogP contribution in [0.2, 0.25) is 0 Å². The summed E-state index contributed by atoms with van der Waals surface area (Å²) in [5.74, 6) is -0.113. The van der Waals surface area contributed by atoms with Crippen molar-refractivity contribution < 1.29 is 4.79 Å². The van der Waals surface area contributed by atoms with Gasteiger partial charge in [-0.1, -0.05) is 41.4 Å². The number of amides is 1. The van der Waals surface area contributed by atoms with Gasteiger partial charge in [0.25, 0.3) is 0 Å². The largest absolute Gasteiger partial charge is 0.374 e. The van der Waals surface area contributed by atoms with Crippen molar-refractivity contribution in [2.75, 3.05) is 11.1 Å². The molecule has 2 aromatic rings. The molecule has 0 aliphatic carbocycles. The molecule has 0 spiro atoms. The fourth-order valence-electron chi connectivity index (χ4n) is 1.24. The van der Waals surface area contributed by atoms with Gasteiger partial charge in [0.2, 0.25) is 16.2 Å². The van der Waals surface area contributed by atoms with Crippen molar-refractivity contribution in [3.63, 3.8) is 0 Å². The Bertz CT molecular complexity index is 568. The first-order chi connectivity index (χ1) is 9.08. The van der Waals surface area contributed by atoms with Gasteiger partial charge in [0.1, 0.15) is 5.01 Å². The second-order valence-electron chi connectivity index (χ2n) is 3.54. The number of aryl methyl sites for hydroxylation is 1. The Morgan fingerprint density at radius 2 is 2.16 bits per heavy atom. The number of nitrogens with zero attached hydrogens (tertiary/aromatic N) is 4. The Morgan fingerprint density at radius 3 is 2.68 bits per heavy atom. The van der Waals surface area contributed by atoms with Crippen molar-refractivity contribution in [3.8, 4) is 0 Å². The van der Waals surface area contributed by atoms with E-state index in [1.165, 1.54) is 34.4 Å². The highest BCUT2D eigenvalue weighted by Crippen LogP contribution is 2.30. The number of nitrogens with one attached hydrogen (secondary N) is 1. The van der Waals surface area contributed by atoms with Crippen molar-refractivity contribution in [2.24, 2.45) is 0 Å². The van der Waals surface area contributed by atoms with Gasteiger partial charge in [0.05, 0.1) is 5.25 Å². The number of carbonyl (C=O) groups excluding carboxylic acids is 1. The number of anilines is 2. The Hall–Kier alpha value is -1.26. The zero-order valence-corrected chi connectivity index (χ0v) is 12.7. The van der Waals surface area contributed by atoms with Crippen LogP contribution >= 0.6 is 34.4 Å². The lowest BCUT2D eigenvalue weighted by molar-refractivity contribution is -0.115. The molecule has 1 unspecified atom stereocenters. The van der Waals surface area contributed by atoms with E-state index < -0.39 is 0 Å². The molecule has 3 N–H and O–H groups in total. The maximum atomic E-state index is 12.1. The molecule has 7 nitrogen and oxygen atoms in total. The normalized spacial score (nSPS) is 12.3. The van der Waals surface area contributed by atoms with Gasteiger partial charge in [-0.15, -0.1) is 20.4 Å². The lowest BCUT2D eigenvalue weighted by Crippen LogP contribution is -2.24. The second kappa shape index (κ2) is 6.26. The zero-order chi connectivity index (χ0) is 13.8. The third kappa shape index (κ3) is 3.85. The molecular weight excluding hydrogens is 304 g/mol. The minimum atomic E-state index is -0.253. The molecule has 19 heavy (non-hydrogen) atoms. The minimum absolute atomic E-state index is 0.113. The maximum Gasteiger partial charge on any atom is 0.239 e. The van der Waals surface area contributed by atoms with Crippen LogP contribution in [0.15, 0.2) is 4.34 Å². The summed E-state index contributed by atoms with van der Waals surface area (Å²) < 4.78 is 0.688. The van der Waals surface area contributed by atoms with Crippen molar-refractivity contribution in [1.29, 1.82) is 0 Å². The van der Waals surface area contributed by atoms with Crippen LogP contribution in [0.1, 0.15) is 18.4 Å². The van der Waals surface area contributed by atoms with E-state index in [1.807, 2.05) is 13.8 Å². The number of rotatable bonds is 5. The topological polar surface area (TPSA) is 107 Å². The van der Waals surface area contributed by atoms with Crippen LogP contribution in [0.4, 0.5) is 10.3 Å². The van der Waals surface area contributed by atoms with E-state index in [0.717, 1.165) is 5.01 Å². The Morgan fingerprint density at radius 1 is 1.37 bits per heavy atom. The van der Waals surface area contributed by atoms with Gasteiger partial charge in [0, 0.05) is 0 Å². The lowest BCUT2D eigenvalue weighted by Gasteiger charge is -2.10. The van der Waals surface area contributed by atoms with Gasteiger partial charge in [-0.2, -0.15) is 0 Å². The summed E-state index contributed by atoms with van der Waals surface area (Å²) >= 11 is 3.97. The quantitative estimate of drug-likeness (QED) is 0.810. The van der Waals surface area contributed by atoms with Crippen LogP contribution in [0.3, 0.4) is 0 Å². The first-order valence-corrected chi connectivity index (χ1v) is 7.96. The minimum Gasteiger partial charge on any atom is -0.374 e. The van der Waals surface area contributed by atoms with Crippen LogP contribution in [0.5, 0.6) is 0 Å². The molecule has 102 valence electrons. The number of nitrogen functional groups attached to an aromatic ring is 1. The predicted octanol–water partition coefficient (Wildman–Crippen LogP) is 1.79. The van der Waals surface area contributed by atoms with E-state index in [0.29, 0.717) is 21.0 Å². The average Bonchev–Trinajstić information content (AvgIpc) is 2.95. The summed E-state index contributed by atoms with van der Waals surface area (Å²) in [5, 5.41) is 19.6. The molecule has 1 amide bonds. The number of carbonyl (C=O) groups is 1. The maximum absolute atomic E-state index is 12.1. The average molecular weight is 316 g/mol. The number of hydrogen-bond acceptors (Lipinski definition) is 9. The van der Waals surface area contributed by atoms with Gasteiger partial charge < -0.3 is 5.73 Å². The summed E-state index contributed by atoms with van der Waals surface area (Å²) in [7, 11) is 0. The molecule has 0 bridgehead atoms. The highest BCUT2D eigenvalue weighted by atomic mass is 32.2. The third-order valence-electron chi connectivity index (χ3n) is 2.08. The molecule has 0 aromatic carbocycles. The molecular formula is C9H12N6OS3. The van der Waals surface area contributed by atoms with Crippen molar-refractivity contribution in [3.05, 3.63) is 5.01 Å². The SMILES string of the molecule is CCC(Sc1nnc(N)s1)C(=O)Nc1nnc(C)s1. The highest BCUT2D eigenvalue weighted by Gasteiger charge is 2.21. The third-order valence-corrected chi connectivity index (χ3v) is 5.04. The van der Waals surface area contributed by atoms with Crippen molar-refractivity contribution in [2.45, 2.75) is 29.9 Å². The first-order valence-electron chi connectivity index (χ1n) is 5.45. The van der Waals surface area contributed by atoms with Crippen LogP contribution < -0.4 is 11.1 Å². The molecule has 0 saturated carbocycles. The van der Waals surface area contributed by atoms with Crippen LogP contribution in [0, 0.1) is 6.92 Å². The molecule has 0 radical (unpaired) electrons. The number of hydrogen-bond donors (Lipinski definition) is 2. The molecule has 2 rings (SSSR count). The Balaban J connectivity index is 1.98. The fourth-order valence-corrected chi connectivity index (χ4v) is 3.64. The van der Waals surface area contributed by atoms with Gasteiger partial charge in [-0.3, -0.25) is 10.1 Å². The summed E-state index contributed by atoms with van der Waals surface area (Å²) in [6.45, 7) is 3.77. The van der Waals surface area contributed by atoms with Crippen molar-refractivity contribution in [1.82, 2.24) is 20.4 Å². The molecule has 0 aliphatic heterocycles. The van der Waals surface area contributed by atoms with Gasteiger partial charge >= 0.3 is 0 Å².